The molecule has 0 aliphatic carbocycles. The Hall–Kier alpha value is -1.58. The molecular formula is C9H12N2O2. The van der Waals surface area contributed by atoms with E-state index in [1.807, 2.05) is 0 Å². The molecule has 4 heteroatoms. The van der Waals surface area contributed by atoms with E-state index in [2.05, 4.69) is 0 Å². The number of rotatable bonds is 0. The van der Waals surface area contributed by atoms with Gasteiger partial charge < -0.3 is 4.90 Å². The minimum absolute atomic E-state index is 0.205. The Kier molecular flexibility index (Phi) is 2.84. The maximum atomic E-state index is 11.4. The van der Waals surface area contributed by atoms with Crippen LogP contribution in [0, 0.1) is 0 Å². The van der Waals surface area contributed by atoms with E-state index in [4.69, 9.17) is 0 Å². The number of amides is 3. The molecule has 70 valence electrons. The van der Waals surface area contributed by atoms with E-state index in [1.165, 1.54) is 11.1 Å². The number of hydrogen-bond acceptors (Lipinski definition) is 2. The van der Waals surface area contributed by atoms with Gasteiger partial charge in [0, 0.05) is 26.7 Å². The Labute approximate surface area is 77.1 Å². The van der Waals surface area contributed by atoms with Gasteiger partial charge in [-0.25, -0.2) is 9.69 Å². The largest absolute Gasteiger partial charge is 0.330 e. The fourth-order valence-corrected chi connectivity index (χ4v) is 0.951. The molecule has 0 unspecified atom stereocenters. The maximum absolute atomic E-state index is 11.4. The molecule has 0 saturated heterocycles. The van der Waals surface area contributed by atoms with E-state index < -0.39 is 0 Å². The molecule has 1 aliphatic heterocycles. The summed E-state index contributed by atoms with van der Waals surface area (Å²) in [5.41, 5.74) is 0. The average molecular weight is 180 g/mol. The first kappa shape index (κ1) is 9.51. The highest BCUT2D eigenvalue weighted by molar-refractivity contribution is 5.96. The molecule has 0 radical (unpaired) electrons. The monoisotopic (exact) mass is 180 g/mol. The van der Waals surface area contributed by atoms with Crippen molar-refractivity contribution in [2.45, 2.75) is 6.42 Å². The van der Waals surface area contributed by atoms with Crippen LogP contribution in [0.15, 0.2) is 24.4 Å². The van der Waals surface area contributed by atoms with Crippen molar-refractivity contribution in [2.24, 2.45) is 0 Å². The number of hydrogen-bond donors (Lipinski definition) is 0. The van der Waals surface area contributed by atoms with Crippen LogP contribution >= 0.6 is 0 Å². The normalized spacial score (nSPS) is 15.8. The van der Waals surface area contributed by atoms with Crippen LogP contribution in [0.1, 0.15) is 6.42 Å². The van der Waals surface area contributed by atoms with Crippen molar-refractivity contribution in [1.82, 2.24) is 9.80 Å². The van der Waals surface area contributed by atoms with Crippen LogP contribution in [0.4, 0.5) is 4.79 Å². The number of carbonyl (C=O) groups is 2. The van der Waals surface area contributed by atoms with Crippen molar-refractivity contribution in [1.29, 1.82) is 0 Å². The van der Waals surface area contributed by atoms with Gasteiger partial charge in [-0.15, -0.1) is 0 Å². The SMILES string of the molecule is CN(C)C(=O)N1C=CC=CCC1=O. The summed E-state index contributed by atoms with van der Waals surface area (Å²) in [5.74, 6) is -0.205. The van der Waals surface area contributed by atoms with E-state index in [0.717, 1.165) is 4.90 Å². The number of nitrogens with zero attached hydrogens (tertiary/aromatic N) is 2. The van der Waals surface area contributed by atoms with Crippen molar-refractivity contribution < 1.29 is 9.59 Å². The lowest BCUT2D eigenvalue weighted by atomic mass is 10.3. The molecule has 4 nitrogen and oxygen atoms in total. The van der Waals surface area contributed by atoms with Crippen molar-refractivity contribution >= 4 is 11.9 Å². The predicted octanol–water partition coefficient (Wildman–Crippen LogP) is 0.970. The zero-order valence-corrected chi connectivity index (χ0v) is 7.73. The van der Waals surface area contributed by atoms with E-state index in [-0.39, 0.29) is 18.4 Å². The van der Waals surface area contributed by atoms with E-state index in [1.54, 1.807) is 32.3 Å². The standard InChI is InChI=1S/C9H12N2O2/c1-10(2)9(13)11-7-5-3-4-6-8(11)12/h3-5,7H,6H2,1-2H3. The molecule has 0 atom stereocenters. The van der Waals surface area contributed by atoms with Gasteiger partial charge >= 0.3 is 6.03 Å². The van der Waals surface area contributed by atoms with Crippen LogP contribution < -0.4 is 0 Å². The smallest absolute Gasteiger partial charge is 0.330 e. The summed E-state index contributed by atoms with van der Waals surface area (Å²) in [6.07, 6.45) is 6.90. The highest BCUT2D eigenvalue weighted by atomic mass is 16.2. The van der Waals surface area contributed by atoms with Crippen molar-refractivity contribution in [2.75, 3.05) is 14.1 Å². The Bertz CT molecular complexity index is 279. The lowest BCUT2D eigenvalue weighted by molar-refractivity contribution is -0.125. The quantitative estimate of drug-likeness (QED) is 0.557. The molecule has 0 spiro atoms. The predicted molar refractivity (Wildman–Crippen MR) is 48.8 cm³/mol. The summed E-state index contributed by atoms with van der Waals surface area (Å²) in [6, 6.07) is -0.315. The Morgan fingerprint density at radius 3 is 2.77 bits per heavy atom. The van der Waals surface area contributed by atoms with E-state index in [9.17, 15) is 9.59 Å². The average Bonchev–Trinajstić information content (AvgIpc) is 2.28. The third-order valence-electron chi connectivity index (χ3n) is 1.63. The fraction of sp³-hybridized carbons (Fsp3) is 0.333. The molecule has 0 aromatic heterocycles. The summed E-state index contributed by atoms with van der Waals surface area (Å²) in [7, 11) is 3.23. The van der Waals surface area contributed by atoms with E-state index in [0.29, 0.717) is 0 Å². The zero-order valence-electron chi connectivity index (χ0n) is 7.73. The Morgan fingerprint density at radius 1 is 1.46 bits per heavy atom. The second-order valence-electron chi connectivity index (χ2n) is 2.91. The molecule has 0 aromatic carbocycles. The molecule has 1 aliphatic rings. The van der Waals surface area contributed by atoms with Crippen LogP contribution in [-0.4, -0.2) is 35.8 Å². The molecule has 13 heavy (non-hydrogen) atoms. The number of imide groups is 1. The number of urea groups is 1. The van der Waals surface area contributed by atoms with Gasteiger partial charge in [-0.3, -0.25) is 4.79 Å². The summed E-state index contributed by atoms with van der Waals surface area (Å²) in [4.78, 5) is 25.2. The molecule has 0 fully saturated rings. The maximum Gasteiger partial charge on any atom is 0.330 e. The molecule has 0 saturated carbocycles. The molecular weight excluding hydrogens is 168 g/mol. The first-order chi connectivity index (χ1) is 6.13. The number of carbonyl (C=O) groups excluding carboxylic acids is 2. The third-order valence-corrected chi connectivity index (χ3v) is 1.63. The van der Waals surface area contributed by atoms with Gasteiger partial charge in [-0.1, -0.05) is 12.2 Å². The van der Waals surface area contributed by atoms with Gasteiger partial charge in [0.05, 0.1) is 0 Å². The minimum Gasteiger partial charge on any atom is -0.330 e. The van der Waals surface area contributed by atoms with Crippen LogP contribution in [0.3, 0.4) is 0 Å². The van der Waals surface area contributed by atoms with Gasteiger partial charge in [-0.05, 0) is 6.08 Å². The summed E-state index contributed by atoms with van der Waals surface area (Å²) in [6.45, 7) is 0. The highest BCUT2D eigenvalue weighted by Gasteiger charge is 2.19. The van der Waals surface area contributed by atoms with Crippen LogP contribution in [0.2, 0.25) is 0 Å². The topological polar surface area (TPSA) is 40.6 Å². The first-order valence-corrected chi connectivity index (χ1v) is 3.99. The molecule has 0 aromatic rings. The second kappa shape index (κ2) is 3.89. The van der Waals surface area contributed by atoms with Gasteiger partial charge in [0.1, 0.15) is 0 Å². The van der Waals surface area contributed by atoms with Gasteiger partial charge in [0.2, 0.25) is 5.91 Å². The summed E-state index contributed by atoms with van der Waals surface area (Å²) in [5, 5.41) is 0. The lowest BCUT2D eigenvalue weighted by Crippen LogP contribution is -2.39. The van der Waals surface area contributed by atoms with Gasteiger partial charge in [0.25, 0.3) is 0 Å². The molecule has 1 rings (SSSR count). The zero-order chi connectivity index (χ0) is 9.84. The summed E-state index contributed by atoms with van der Waals surface area (Å²) >= 11 is 0. The Balaban J connectivity index is 2.79. The van der Waals surface area contributed by atoms with Crippen molar-refractivity contribution in [3.63, 3.8) is 0 Å². The van der Waals surface area contributed by atoms with Crippen LogP contribution in [0.5, 0.6) is 0 Å². The van der Waals surface area contributed by atoms with Crippen LogP contribution in [-0.2, 0) is 4.79 Å². The van der Waals surface area contributed by atoms with Crippen molar-refractivity contribution in [3.8, 4) is 0 Å². The molecule has 3 amide bonds. The lowest BCUT2D eigenvalue weighted by Gasteiger charge is -2.19. The first-order valence-electron chi connectivity index (χ1n) is 3.99. The molecule has 0 N–H and O–H groups in total. The summed E-state index contributed by atoms with van der Waals surface area (Å²) < 4.78 is 0. The van der Waals surface area contributed by atoms with Crippen LogP contribution in [0.25, 0.3) is 0 Å². The minimum atomic E-state index is -0.315. The molecule has 0 bridgehead atoms. The number of allylic oxidation sites excluding steroid dienone is 2. The van der Waals surface area contributed by atoms with E-state index >= 15 is 0 Å². The van der Waals surface area contributed by atoms with Gasteiger partial charge in [-0.2, -0.15) is 0 Å². The Morgan fingerprint density at radius 2 is 2.15 bits per heavy atom. The highest BCUT2D eigenvalue weighted by Crippen LogP contribution is 2.04. The fourth-order valence-electron chi connectivity index (χ4n) is 0.951. The van der Waals surface area contributed by atoms with Gasteiger partial charge in [0.15, 0.2) is 0 Å². The third kappa shape index (κ3) is 2.18. The molecule has 1 heterocycles. The second-order valence-corrected chi connectivity index (χ2v) is 2.91. The van der Waals surface area contributed by atoms with Crippen molar-refractivity contribution in [3.05, 3.63) is 24.4 Å².